The summed E-state index contributed by atoms with van der Waals surface area (Å²) in [5.74, 6) is 1.48. The molecular formula is C17H17N5O3. The Hall–Kier alpha value is -3.42. The molecular weight excluding hydrogens is 322 g/mol. The van der Waals surface area contributed by atoms with Gasteiger partial charge < -0.3 is 14.8 Å². The minimum Gasteiger partial charge on any atom is -0.493 e. The fraction of sp³-hybridized carbons (Fsp3) is 0.176. The van der Waals surface area contributed by atoms with Gasteiger partial charge in [0, 0.05) is 23.9 Å². The highest BCUT2D eigenvalue weighted by atomic mass is 16.5. The Kier molecular flexibility index (Phi) is 4.60. The molecule has 1 amide bonds. The van der Waals surface area contributed by atoms with Crippen molar-refractivity contribution in [2.24, 2.45) is 7.05 Å². The number of nitrogens with zero attached hydrogens (tertiary/aromatic N) is 4. The molecule has 8 nitrogen and oxygen atoms in total. The van der Waals surface area contributed by atoms with Crippen LogP contribution in [0.2, 0.25) is 0 Å². The maximum absolute atomic E-state index is 12.4. The van der Waals surface area contributed by atoms with E-state index in [9.17, 15) is 4.79 Å². The van der Waals surface area contributed by atoms with Crippen molar-refractivity contribution >= 4 is 11.6 Å². The van der Waals surface area contributed by atoms with Gasteiger partial charge in [-0.05, 0) is 52.9 Å². The van der Waals surface area contributed by atoms with E-state index in [1.165, 1.54) is 7.11 Å². The van der Waals surface area contributed by atoms with Crippen LogP contribution in [0.25, 0.3) is 11.4 Å². The Labute approximate surface area is 144 Å². The molecule has 3 rings (SSSR count). The smallest absolute Gasteiger partial charge is 0.255 e. The highest BCUT2D eigenvalue weighted by Gasteiger charge is 2.11. The van der Waals surface area contributed by atoms with E-state index in [0.29, 0.717) is 28.6 Å². The first-order valence-corrected chi connectivity index (χ1v) is 7.48. The van der Waals surface area contributed by atoms with Crippen LogP contribution in [0.1, 0.15) is 10.4 Å². The zero-order valence-corrected chi connectivity index (χ0v) is 14.1. The van der Waals surface area contributed by atoms with Crippen molar-refractivity contribution in [1.29, 1.82) is 0 Å². The van der Waals surface area contributed by atoms with Gasteiger partial charge in [-0.15, -0.1) is 5.10 Å². The fourth-order valence-corrected chi connectivity index (χ4v) is 2.36. The SMILES string of the molecule is COc1ccc(C(=O)Nc2ccc(-c3nnnn3C)cc2)cc1OC. The lowest BCUT2D eigenvalue weighted by molar-refractivity contribution is 0.102. The first-order valence-electron chi connectivity index (χ1n) is 7.48. The third-order valence-electron chi connectivity index (χ3n) is 3.67. The van der Waals surface area contributed by atoms with Crippen LogP contribution < -0.4 is 14.8 Å². The van der Waals surface area contributed by atoms with Crippen molar-refractivity contribution in [3.63, 3.8) is 0 Å². The Morgan fingerprint density at radius 3 is 2.36 bits per heavy atom. The predicted molar refractivity (Wildman–Crippen MR) is 91.7 cm³/mol. The van der Waals surface area contributed by atoms with Gasteiger partial charge in [-0.1, -0.05) is 0 Å². The van der Waals surface area contributed by atoms with Gasteiger partial charge in [-0.3, -0.25) is 4.79 Å². The van der Waals surface area contributed by atoms with Gasteiger partial charge in [0.2, 0.25) is 0 Å². The molecule has 0 aliphatic carbocycles. The monoisotopic (exact) mass is 339 g/mol. The van der Waals surface area contributed by atoms with Crippen LogP contribution in [-0.4, -0.2) is 40.3 Å². The Morgan fingerprint density at radius 1 is 1.04 bits per heavy atom. The standard InChI is InChI=1S/C17H17N5O3/c1-22-16(19-20-21-22)11-4-7-13(8-5-11)18-17(23)12-6-9-14(24-2)15(10-12)25-3/h4-10H,1-3H3,(H,18,23). The number of hydrogen-bond donors (Lipinski definition) is 1. The van der Waals surface area contributed by atoms with Crippen molar-refractivity contribution in [2.75, 3.05) is 19.5 Å². The number of aromatic nitrogens is 4. The van der Waals surface area contributed by atoms with E-state index in [4.69, 9.17) is 9.47 Å². The summed E-state index contributed by atoms with van der Waals surface area (Å²) < 4.78 is 12.0. The predicted octanol–water partition coefficient (Wildman–Crippen LogP) is 2.15. The molecule has 0 saturated carbocycles. The molecule has 0 fully saturated rings. The zero-order chi connectivity index (χ0) is 17.8. The number of rotatable bonds is 5. The van der Waals surface area contributed by atoms with Gasteiger partial charge in [-0.25, -0.2) is 4.68 Å². The number of carbonyl (C=O) groups is 1. The first kappa shape index (κ1) is 16.4. The fourth-order valence-electron chi connectivity index (χ4n) is 2.36. The van der Waals surface area contributed by atoms with Crippen LogP contribution >= 0.6 is 0 Å². The number of anilines is 1. The summed E-state index contributed by atoms with van der Waals surface area (Å²) in [5.41, 5.74) is 1.99. The van der Waals surface area contributed by atoms with E-state index in [2.05, 4.69) is 20.8 Å². The number of amides is 1. The molecule has 0 aliphatic rings. The normalized spacial score (nSPS) is 10.4. The molecule has 0 bridgehead atoms. The molecule has 8 heteroatoms. The topological polar surface area (TPSA) is 91.2 Å². The third-order valence-corrected chi connectivity index (χ3v) is 3.67. The maximum Gasteiger partial charge on any atom is 0.255 e. The second-order valence-electron chi connectivity index (χ2n) is 5.23. The quantitative estimate of drug-likeness (QED) is 0.766. The lowest BCUT2D eigenvalue weighted by Gasteiger charge is -2.10. The van der Waals surface area contributed by atoms with Crippen molar-refractivity contribution in [1.82, 2.24) is 20.2 Å². The summed E-state index contributed by atoms with van der Waals surface area (Å²) in [5, 5.41) is 14.2. The molecule has 25 heavy (non-hydrogen) atoms. The van der Waals surface area contributed by atoms with E-state index in [-0.39, 0.29) is 5.91 Å². The number of carbonyl (C=O) groups excluding carboxylic acids is 1. The molecule has 0 saturated heterocycles. The van der Waals surface area contributed by atoms with E-state index in [0.717, 1.165) is 5.56 Å². The second-order valence-corrected chi connectivity index (χ2v) is 5.23. The average Bonchev–Trinajstić information content (AvgIpc) is 3.07. The summed E-state index contributed by atoms with van der Waals surface area (Å²) in [6, 6.07) is 12.3. The molecule has 128 valence electrons. The molecule has 1 aromatic heterocycles. The van der Waals surface area contributed by atoms with Gasteiger partial charge >= 0.3 is 0 Å². The lowest BCUT2D eigenvalue weighted by Crippen LogP contribution is -2.12. The van der Waals surface area contributed by atoms with Crippen LogP contribution in [0, 0.1) is 0 Å². The number of nitrogens with one attached hydrogen (secondary N) is 1. The summed E-state index contributed by atoms with van der Waals surface area (Å²) in [4.78, 5) is 12.4. The van der Waals surface area contributed by atoms with Crippen molar-refractivity contribution in [3.8, 4) is 22.9 Å². The van der Waals surface area contributed by atoms with Gasteiger partial charge in [0.25, 0.3) is 5.91 Å². The van der Waals surface area contributed by atoms with Crippen LogP contribution in [0.4, 0.5) is 5.69 Å². The summed E-state index contributed by atoms with van der Waals surface area (Å²) >= 11 is 0. The molecule has 0 spiro atoms. The van der Waals surface area contributed by atoms with E-state index >= 15 is 0 Å². The molecule has 1 heterocycles. The van der Waals surface area contributed by atoms with Crippen LogP contribution in [-0.2, 0) is 7.05 Å². The number of benzene rings is 2. The summed E-state index contributed by atoms with van der Waals surface area (Å²) in [7, 11) is 4.84. The number of ether oxygens (including phenoxy) is 2. The van der Waals surface area contributed by atoms with Crippen molar-refractivity contribution in [3.05, 3.63) is 48.0 Å². The second kappa shape index (κ2) is 7.00. The lowest BCUT2D eigenvalue weighted by atomic mass is 10.1. The molecule has 0 unspecified atom stereocenters. The highest BCUT2D eigenvalue weighted by Crippen LogP contribution is 2.28. The zero-order valence-electron chi connectivity index (χ0n) is 14.1. The Bertz CT molecular complexity index is 890. The Morgan fingerprint density at radius 2 is 1.76 bits per heavy atom. The van der Waals surface area contributed by atoms with Crippen molar-refractivity contribution < 1.29 is 14.3 Å². The number of aryl methyl sites for hydroxylation is 1. The van der Waals surface area contributed by atoms with Gasteiger partial charge in [0.15, 0.2) is 17.3 Å². The Balaban J connectivity index is 1.76. The van der Waals surface area contributed by atoms with Crippen LogP contribution in [0.5, 0.6) is 11.5 Å². The number of hydrogen-bond acceptors (Lipinski definition) is 6. The number of methoxy groups -OCH3 is 2. The summed E-state index contributed by atoms with van der Waals surface area (Å²) in [6.45, 7) is 0. The average molecular weight is 339 g/mol. The minimum atomic E-state index is -0.242. The highest BCUT2D eigenvalue weighted by molar-refractivity contribution is 6.04. The molecule has 0 atom stereocenters. The molecule has 0 aliphatic heterocycles. The summed E-state index contributed by atoms with van der Waals surface area (Å²) in [6.07, 6.45) is 0. The molecule has 2 aromatic carbocycles. The van der Waals surface area contributed by atoms with Crippen molar-refractivity contribution in [2.45, 2.75) is 0 Å². The van der Waals surface area contributed by atoms with Gasteiger partial charge in [0.05, 0.1) is 14.2 Å². The minimum absolute atomic E-state index is 0.242. The van der Waals surface area contributed by atoms with E-state index < -0.39 is 0 Å². The molecule has 3 aromatic rings. The van der Waals surface area contributed by atoms with E-state index in [1.807, 2.05) is 12.1 Å². The first-order chi connectivity index (χ1) is 12.1. The largest absolute Gasteiger partial charge is 0.493 e. The van der Waals surface area contributed by atoms with Gasteiger partial charge in [0.1, 0.15) is 0 Å². The number of tetrazole rings is 1. The molecule has 1 N–H and O–H groups in total. The maximum atomic E-state index is 12.4. The van der Waals surface area contributed by atoms with E-state index in [1.54, 1.807) is 49.2 Å². The third kappa shape index (κ3) is 3.42. The van der Waals surface area contributed by atoms with Crippen LogP contribution in [0.15, 0.2) is 42.5 Å². The van der Waals surface area contributed by atoms with Gasteiger partial charge in [-0.2, -0.15) is 0 Å². The molecule has 0 radical (unpaired) electrons. The van der Waals surface area contributed by atoms with Crippen LogP contribution in [0.3, 0.4) is 0 Å².